The maximum atomic E-state index is 12.0. The Bertz CT molecular complexity index is 474. The summed E-state index contributed by atoms with van der Waals surface area (Å²) in [5.74, 6) is 0.139. The predicted octanol–water partition coefficient (Wildman–Crippen LogP) is 2.21. The zero-order valence-corrected chi connectivity index (χ0v) is 13.8. The summed E-state index contributed by atoms with van der Waals surface area (Å²) in [6, 6.07) is 7.67. The van der Waals surface area contributed by atoms with E-state index in [4.69, 9.17) is 0 Å². The van der Waals surface area contributed by atoms with E-state index in [0.29, 0.717) is 13.1 Å². The van der Waals surface area contributed by atoms with Crippen LogP contribution in [0, 0.1) is 0 Å². The first kappa shape index (κ1) is 16.6. The molecule has 0 atom stereocenters. The highest BCUT2D eigenvalue weighted by molar-refractivity contribution is 9.10. The molecule has 1 rings (SSSR count). The van der Waals surface area contributed by atoms with Gasteiger partial charge in [-0.25, -0.2) is 12.7 Å². The minimum Gasteiger partial charge on any atom is -0.316 e. The number of sulfonamides is 1. The van der Waals surface area contributed by atoms with E-state index in [2.05, 4.69) is 28.2 Å². The van der Waals surface area contributed by atoms with Gasteiger partial charge >= 0.3 is 0 Å². The minimum atomic E-state index is -3.19. The standard InChI is InChI=1S/C13H21BrN2O2S/c1-3-8-15-9-10-19(17,18)16(2)11-12-4-6-13(14)7-5-12/h4-7,15H,3,8-11H2,1-2H3. The first-order valence-corrected chi connectivity index (χ1v) is 8.75. The van der Waals surface area contributed by atoms with Gasteiger partial charge < -0.3 is 5.32 Å². The molecule has 108 valence electrons. The van der Waals surface area contributed by atoms with Gasteiger partial charge in [0, 0.05) is 24.6 Å². The van der Waals surface area contributed by atoms with E-state index < -0.39 is 10.0 Å². The molecule has 1 N–H and O–H groups in total. The molecule has 0 fully saturated rings. The Morgan fingerprint density at radius 1 is 1.21 bits per heavy atom. The second-order valence-electron chi connectivity index (χ2n) is 4.45. The van der Waals surface area contributed by atoms with Crippen LogP contribution in [0.5, 0.6) is 0 Å². The fourth-order valence-corrected chi connectivity index (χ4v) is 2.93. The van der Waals surface area contributed by atoms with Gasteiger partial charge in [0.1, 0.15) is 0 Å². The van der Waals surface area contributed by atoms with Crippen LogP contribution in [0.4, 0.5) is 0 Å². The van der Waals surface area contributed by atoms with Crippen molar-refractivity contribution in [3.05, 3.63) is 34.3 Å². The van der Waals surface area contributed by atoms with Crippen molar-refractivity contribution in [2.24, 2.45) is 0 Å². The monoisotopic (exact) mass is 348 g/mol. The van der Waals surface area contributed by atoms with Crippen molar-refractivity contribution in [3.63, 3.8) is 0 Å². The molecule has 0 saturated heterocycles. The topological polar surface area (TPSA) is 49.4 Å². The molecular weight excluding hydrogens is 328 g/mol. The van der Waals surface area contributed by atoms with E-state index >= 15 is 0 Å². The van der Waals surface area contributed by atoms with Crippen molar-refractivity contribution in [3.8, 4) is 0 Å². The number of benzene rings is 1. The Kier molecular flexibility index (Phi) is 6.99. The average Bonchev–Trinajstić information content (AvgIpc) is 2.37. The molecule has 0 aliphatic heterocycles. The molecule has 0 unspecified atom stereocenters. The lowest BCUT2D eigenvalue weighted by Crippen LogP contribution is -2.33. The highest BCUT2D eigenvalue weighted by Crippen LogP contribution is 2.13. The molecule has 0 aliphatic carbocycles. The number of hydrogen-bond acceptors (Lipinski definition) is 3. The van der Waals surface area contributed by atoms with E-state index in [1.165, 1.54) is 4.31 Å². The van der Waals surface area contributed by atoms with Crippen molar-refractivity contribution < 1.29 is 8.42 Å². The molecule has 0 amide bonds. The van der Waals surface area contributed by atoms with Crippen LogP contribution in [0.25, 0.3) is 0 Å². The highest BCUT2D eigenvalue weighted by Gasteiger charge is 2.17. The normalized spacial score (nSPS) is 12.0. The van der Waals surface area contributed by atoms with E-state index in [0.717, 1.165) is 23.0 Å². The molecule has 4 nitrogen and oxygen atoms in total. The van der Waals surface area contributed by atoms with Crippen LogP contribution in [0.2, 0.25) is 0 Å². The number of rotatable bonds is 8. The van der Waals surface area contributed by atoms with Gasteiger partial charge in [-0.15, -0.1) is 0 Å². The molecule has 0 aliphatic rings. The lowest BCUT2D eigenvalue weighted by Gasteiger charge is -2.17. The van der Waals surface area contributed by atoms with Crippen LogP contribution in [-0.2, 0) is 16.6 Å². The van der Waals surface area contributed by atoms with Crippen molar-refractivity contribution in [2.75, 3.05) is 25.9 Å². The maximum Gasteiger partial charge on any atom is 0.215 e. The van der Waals surface area contributed by atoms with E-state index in [1.807, 2.05) is 24.3 Å². The van der Waals surface area contributed by atoms with Crippen LogP contribution in [0.3, 0.4) is 0 Å². The van der Waals surface area contributed by atoms with E-state index in [9.17, 15) is 8.42 Å². The summed E-state index contributed by atoms with van der Waals surface area (Å²) in [5, 5.41) is 3.11. The van der Waals surface area contributed by atoms with Crippen molar-refractivity contribution in [1.82, 2.24) is 9.62 Å². The minimum absolute atomic E-state index is 0.139. The lowest BCUT2D eigenvalue weighted by molar-refractivity contribution is 0.465. The van der Waals surface area contributed by atoms with Crippen LogP contribution in [0.15, 0.2) is 28.7 Å². The second-order valence-corrected chi connectivity index (χ2v) is 7.56. The molecule has 1 aromatic rings. The van der Waals surface area contributed by atoms with Crippen molar-refractivity contribution in [1.29, 1.82) is 0 Å². The fraction of sp³-hybridized carbons (Fsp3) is 0.538. The fourth-order valence-electron chi connectivity index (χ4n) is 1.60. The third-order valence-electron chi connectivity index (χ3n) is 2.76. The van der Waals surface area contributed by atoms with Crippen LogP contribution in [0.1, 0.15) is 18.9 Å². The third kappa shape index (κ3) is 6.03. The number of nitrogens with zero attached hydrogens (tertiary/aromatic N) is 1. The van der Waals surface area contributed by atoms with Crippen LogP contribution < -0.4 is 5.32 Å². The summed E-state index contributed by atoms with van der Waals surface area (Å²) in [6.07, 6.45) is 1.01. The molecule has 0 aromatic heterocycles. The summed E-state index contributed by atoms with van der Waals surface area (Å²) in [4.78, 5) is 0. The first-order chi connectivity index (χ1) is 8.95. The quantitative estimate of drug-likeness (QED) is 0.732. The second kappa shape index (κ2) is 7.99. The zero-order chi connectivity index (χ0) is 14.3. The Balaban J connectivity index is 2.51. The first-order valence-electron chi connectivity index (χ1n) is 6.35. The van der Waals surface area contributed by atoms with Crippen molar-refractivity contribution >= 4 is 26.0 Å². The molecule has 0 radical (unpaired) electrons. The van der Waals surface area contributed by atoms with Gasteiger partial charge in [0.2, 0.25) is 10.0 Å². The number of halogens is 1. The van der Waals surface area contributed by atoms with Gasteiger partial charge in [-0.05, 0) is 30.7 Å². The van der Waals surface area contributed by atoms with Crippen LogP contribution >= 0.6 is 15.9 Å². The summed E-state index contributed by atoms with van der Waals surface area (Å²) < 4.78 is 26.5. The molecule has 0 heterocycles. The molecule has 19 heavy (non-hydrogen) atoms. The molecule has 0 bridgehead atoms. The molecule has 1 aromatic carbocycles. The molecular formula is C13H21BrN2O2S. The zero-order valence-electron chi connectivity index (χ0n) is 11.4. The van der Waals surface area contributed by atoms with E-state index in [-0.39, 0.29) is 5.75 Å². The Morgan fingerprint density at radius 2 is 1.84 bits per heavy atom. The van der Waals surface area contributed by atoms with E-state index in [1.54, 1.807) is 7.05 Å². The summed E-state index contributed by atoms with van der Waals surface area (Å²) >= 11 is 3.36. The number of nitrogens with one attached hydrogen (secondary N) is 1. The SMILES string of the molecule is CCCNCCS(=O)(=O)N(C)Cc1ccc(Br)cc1. The van der Waals surface area contributed by atoms with Gasteiger partial charge in [-0.3, -0.25) is 0 Å². The van der Waals surface area contributed by atoms with Gasteiger partial charge in [0.25, 0.3) is 0 Å². The summed E-state index contributed by atoms with van der Waals surface area (Å²) in [6.45, 7) is 3.82. The predicted molar refractivity (Wildman–Crippen MR) is 82.6 cm³/mol. The van der Waals surface area contributed by atoms with Gasteiger partial charge in [-0.1, -0.05) is 35.0 Å². The summed E-state index contributed by atoms with van der Waals surface area (Å²) in [7, 11) is -1.57. The molecule has 0 spiro atoms. The third-order valence-corrected chi connectivity index (χ3v) is 5.08. The summed E-state index contributed by atoms with van der Waals surface area (Å²) in [5.41, 5.74) is 0.982. The van der Waals surface area contributed by atoms with Crippen LogP contribution in [-0.4, -0.2) is 38.6 Å². The Morgan fingerprint density at radius 3 is 2.42 bits per heavy atom. The smallest absolute Gasteiger partial charge is 0.215 e. The Labute approximate surface area is 124 Å². The highest BCUT2D eigenvalue weighted by atomic mass is 79.9. The van der Waals surface area contributed by atoms with Gasteiger partial charge in [-0.2, -0.15) is 0 Å². The largest absolute Gasteiger partial charge is 0.316 e. The number of hydrogen-bond donors (Lipinski definition) is 1. The Hall–Kier alpha value is -0.430. The molecule has 0 saturated carbocycles. The van der Waals surface area contributed by atoms with Gasteiger partial charge in [0.15, 0.2) is 0 Å². The van der Waals surface area contributed by atoms with Crippen molar-refractivity contribution in [2.45, 2.75) is 19.9 Å². The average molecular weight is 349 g/mol. The lowest BCUT2D eigenvalue weighted by atomic mass is 10.2. The maximum absolute atomic E-state index is 12.0. The van der Waals surface area contributed by atoms with Gasteiger partial charge in [0.05, 0.1) is 5.75 Å². The molecule has 6 heteroatoms.